The van der Waals surface area contributed by atoms with Crippen molar-refractivity contribution < 1.29 is 14.3 Å². The molecule has 1 fully saturated rings. The molecule has 0 bridgehead atoms. The summed E-state index contributed by atoms with van der Waals surface area (Å²) < 4.78 is 10.8. The zero-order valence-corrected chi connectivity index (χ0v) is 16.7. The van der Waals surface area contributed by atoms with Crippen LogP contribution in [0.25, 0.3) is 0 Å². The fourth-order valence-corrected chi connectivity index (χ4v) is 3.42. The lowest BCUT2D eigenvalue weighted by Gasteiger charge is -2.15. The predicted octanol–water partition coefficient (Wildman–Crippen LogP) is 3.77. The van der Waals surface area contributed by atoms with Crippen molar-refractivity contribution in [1.82, 2.24) is 10.2 Å². The van der Waals surface area contributed by atoms with E-state index in [-0.39, 0.29) is 5.91 Å². The van der Waals surface area contributed by atoms with E-state index >= 15 is 0 Å². The summed E-state index contributed by atoms with van der Waals surface area (Å²) in [6.45, 7) is 4.49. The first-order valence-corrected chi connectivity index (χ1v) is 10.1. The van der Waals surface area contributed by atoms with Gasteiger partial charge in [0.2, 0.25) is 5.91 Å². The molecule has 1 aliphatic heterocycles. The zero-order chi connectivity index (χ0) is 19.6. The number of rotatable bonds is 10. The van der Waals surface area contributed by atoms with Crippen LogP contribution in [0.2, 0.25) is 0 Å². The highest BCUT2D eigenvalue weighted by atomic mass is 16.5. The van der Waals surface area contributed by atoms with E-state index in [0.717, 1.165) is 23.6 Å². The predicted molar refractivity (Wildman–Crippen MR) is 111 cm³/mol. The Morgan fingerprint density at radius 1 is 1.04 bits per heavy atom. The number of nitrogens with one attached hydrogen (secondary N) is 1. The largest absolute Gasteiger partial charge is 0.497 e. The molecule has 1 heterocycles. The molecule has 1 aliphatic rings. The lowest BCUT2D eigenvalue weighted by Crippen LogP contribution is -2.23. The Labute approximate surface area is 167 Å². The summed E-state index contributed by atoms with van der Waals surface area (Å²) in [5.74, 6) is 1.65. The van der Waals surface area contributed by atoms with Crippen LogP contribution < -0.4 is 14.8 Å². The Hall–Kier alpha value is -2.53. The van der Waals surface area contributed by atoms with Crippen LogP contribution in [0.4, 0.5) is 0 Å². The van der Waals surface area contributed by atoms with E-state index in [1.54, 1.807) is 7.11 Å². The summed E-state index contributed by atoms with van der Waals surface area (Å²) in [5.41, 5.74) is 2.47. The SMILES string of the molecule is COc1ccc(OCCCC(=O)NCc2cccc(CN3CCCC3)c2)cc1. The maximum atomic E-state index is 12.1. The maximum Gasteiger partial charge on any atom is 0.220 e. The molecule has 1 saturated heterocycles. The lowest BCUT2D eigenvalue weighted by molar-refractivity contribution is -0.121. The van der Waals surface area contributed by atoms with Gasteiger partial charge in [-0.2, -0.15) is 0 Å². The summed E-state index contributed by atoms with van der Waals surface area (Å²) >= 11 is 0. The number of ether oxygens (including phenoxy) is 2. The molecule has 3 rings (SSSR count). The second-order valence-corrected chi connectivity index (χ2v) is 7.21. The quantitative estimate of drug-likeness (QED) is 0.636. The first kappa shape index (κ1) is 20.2. The molecule has 28 heavy (non-hydrogen) atoms. The fourth-order valence-electron chi connectivity index (χ4n) is 3.42. The van der Waals surface area contributed by atoms with E-state index in [9.17, 15) is 4.79 Å². The molecule has 5 heteroatoms. The molecule has 0 spiro atoms. The van der Waals surface area contributed by atoms with Crippen LogP contribution in [0.15, 0.2) is 48.5 Å². The minimum atomic E-state index is 0.0586. The highest BCUT2D eigenvalue weighted by Gasteiger charge is 2.11. The van der Waals surface area contributed by atoms with E-state index in [0.29, 0.717) is 26.0 Å². The first-order chi connectivity index (χ1) is 13.7. The number of hydrogen-bond donors (Lipinski definition) is 1. The Morgan fingerprint density at radius 2 is 1.75 bits per heavy atom. The maximum absolute atomic E-state index is 12.1. The number of hydrogen-bond acceptors (Lipinski definition) is 4. The van der Waals surface area contributed by atoms with E-state index in [2.05, 4.69) is 34.5 Å². The van der Waals surface area contributed by atoms with E-state index in [1.807, 2.05) is 24.3 Å². The molecule has 0 unspecified atom stereocenters. The molecule has 1 amide bonds. The molecular formula is C23H30N2O3. The Balaban J connectivity index is 1.33. The molecule has 0 atom stereocenters. The van der Waals surface area contributed by atoms with Crippen LogP contribution in [-0.4, -0.2) is 37.6 Å². The van der Waals surface area contributed by atoms with Gasteiger partial charge in [-0.25, -0.2) is 0 Å². The monoisotopic (exact) mass is 382 g/mol. The first-order valence-electron chi connectivity index (χ1n) is 10.1. The van der Waals surface area contributed by atoms with Gasteiger partial charge in [0.25, 0.3) is 0 Å². The number of amides is 1. The molecule has 2 aromatic carbocycles. The van der Waals surface area contributed by atoms with Crippen LogP contribution in [0, 0.1) is 0 Å². The van der Waals surface area contributed by atoms with Gasteiger partial charge < -0.3 is 14.8 Å². The van der Waals surface area contributed by atoms with Crippen molar-refractivity contribution >= 4 is 5.91 Å². The van der Waals surface area contributed by atoms with Gasteiger partial charge in [0.1, 0.15) is 11.5 Å². The summed E-state index contributed by atoms with van der Waals surface area (Å²) in [4.78, 5) is 14.6. The summed E-state index contributed by atoms with van der Waals surface area (Å²) in [6, 6.07) is 16.0. The second kappa shape index (κ2) is 10.7. The van der Waals surface area contributed by atoms with Crippen LogP contribution in [0.3, 0.4) is 0 Å². The van der Waals surface area contributed by atoms with E-state index in [4.69, 9.17) is 9.47 Å². The lowest BCUT2D eigenvalue weighted by atomic mass is 10.1. The van der Waals surface area contributed by atoms with Gasteiger partial charge in [-0.1, -0.05) is 24.3 Å². The molecule has 0 aromatic heterocycles. The van der Waals surface area contributed by atoms with Gasteiger partial charge in [0.15, 0.2) is 0 Å². The standard InChI is InChI=1S/C23H30N2O3/c1-27-21-9-11-22(12-10-21)28-15-5-8-23(26)24-17-19-6-4-7-20(16-19)18-25-13-2-3-14-25/h4,6-7,9-12,16H,2-3,5,8,13-15,17-18H2,1H3,(H,24,26). The van der Waals surface area contributed by atoms with Crippen LogP contribution in [0.5, 0.6) is 11.5 Å². The zero-order valence-electron chi connectivity index (χ0n) is 16.7. The van der Waals surface area contributed by atoms with Gasteiger partial charge in [-0.15, -0.1) is 0 Å². The van der Waals surface area contributed by atoms with Crippen molar-refractivity contribution in [2.24, 2.45) is 0 Å². The second-order valence-electron chi connectivity index (χ2n) is 7.21. The number of benzene rings is 2. The van der Waals surface area contributed by atoms with Gasteiger partial charge in [-0.3, -0.25) is 9.69 Å². The number of carbonyl (C=O) groups excluding carboxylic acids is 1. The molecule has 1 N–H and O–H groups in total. The van der Waals surface area contributed by atoms with Crippen molar-refractivity contribution in [3.8, 4) is 11.5 Å². The molecule has 0 aliphatic carbocycles. The third-order valence-electron chi connectivity index (χ3n) is 4.96. The Bertz CT molecular complexity index is 740. The Morgan fingerprint density at radius 3 is 2.50 bits per heavy atom. The van der Waals surface area contributed by atoms with Crippen molar-refractivity contribution in [2.75, 3.05) is 26.8 Å². The van der Waals surface area contributed by atoms with Gasteiger partial charge in [0.05, 0.1) is 13.7 Å². The van der Waals surface area contributed by atoms with Crippen molar-refractivity contribution in [3.05, 3.63) is 59.7 Å². The molecule has 150 valence electrons. The number of nitrogens with zero attached hydrogens (tertiary/aromatic N) is 1. The minimum Gasteiger partial charge on any atom is -0.497 e. The molecular weight excluding hydrogens is 352 g/mol. The van der Waals surface area contributed by atoms with E-state index in [1.165, 1.54) is 31.5 Å². The number of likely N-dealkylation sites (tertiary alicyclic amines) is 1. The van der Waals surface area contributed by atoms with E-state index < -0.39 is 0 Å². The average Bonchev–Trinajstić information content (AvgIpc) is 3.23. The average molecular weight is 383 g/mol. The van der Waals surface area contributed by atoms with Gasteiger partial charge in [-0.05, 0) is 67.7 Å². The third kappa shape index (κ3) is 6.57. The van der Waals surface area contributed by atoms with Crippen LogP contribution in [0.1, 0.15) is 36.8 Å². The third-order valence-corrected chi connectivity index (χ3v) is 4.96. The molecule has 0 saturated carbocycles. The van der Waals surface area contributed by atoms with Crippen molar-refractivity contribution in [1.29, 1.82) is 0 Å². The Kier molecular flexibility index (Phi) is 7.73. The van der Waals surface area contributed by atoms with Crippen LogP contribution in [-0.2, 0) is 17.9 Å². The topological polar surface area (TPSA) is 50.8 Å². The van der Waals surface area contributed by atoms with Gasteiger partial charge >= 0.3 is 0 Å². The summed E-state index contributed by atoms with van der Waals surface area (Å²) in [7, 11) is 1.64. The number of carbonyl (C=O) groups is 1. The highest BCUT2D eigenvalue weighted by Crippen LogP contribution is 2.17. The van der Waals surface area contributed by atoms with Crippen LogP contribution >= 0.6 is 0 Å². The molecule has 2 aromatic rings. The fraction of sp³-hybridized carbons (Fsp3) is 0.435. The molecule has 5 nitrogen and oxygen atoms in total. The minimum absolute atomic E-state index is 0.0586. The smallest absolute Gasteiger partial charge is 0.220 e. The normalized spacial score (nSPS) is 14.0. The molecule has 0 radical (unpaired) electrons. The van der Waals surface area contributed by atoms with Gasteiger partial charge in [0, 0.05) is 19.5 Å². The number of methoxy groups -OCH3 is 1. The summed E-state index contributed by atoms with van der Waals surface area (Å²) in [6.07, 6.45) is 3.76. The van der Waals surface area contributed by atoms with Crippen molar-refractivity contribution in [2.45, 2.75) is 38.8 Å². The highest BCUT2D eigenvalue weighted by molar-refractivity contribution is 5.75. The van der Waals surface area contributed by atoms with Crippen molar-refractivity contribution in [3.63, 3.8) is 0 Å². The summed E-state index contributed by atoms with van der Waals surface area (Å²) in [5, 5.41) is 3.01.